The summed E-state index contributed by atoms with van der Waals surface area (Å²) < 4.78 is 0. The molecule has 2 aliphatic carbocycles. The van der Waals surface area contributed by atoms with Crippen molar-refractivity contribution in [2.75, 3.05) is 0 Å². The van der Waals surface area contributed by atoms with Crippen LogP contribution in [0.1, 0.15) is 65.2 Å². The molecule has 1 saturated heterocycles. The maximum Gasteiger partial charge on any atom is 0.249 e. The van der Waals surface area contributed by atoms with Crippen LogP contribution in [-0.2, 0) is 9.59 Å². The molecule has 1 aliphatic heterocycles. The van der Waals surface area contributed by atoms with Crippen LogP contribution in [0, 0.1) is 5.92 Å². The Labute approximate surface area is 121 Å². The van der Waals surface area contributed by atoms with E-state index in [0.717, 1.165) is 32.1 Å². The largest absolute Gasteiger partial charge is 0.340 e. The van der Waals surface area contributed by atoms with Gasteiger partial charge in [-0.05, 0) is 38.5 Å². The van der Waals surface area contributed by atoms with Crippen molar-refractivity contribution in [3.8, 4) is 0 Å². The van der Waals surface area contributed by atoms with Gasteiger partial charge >= 0.3 is 0 Å². The Hall–Kier alpha value is -1.06. The van der Waals surface area contributed by atoms with Crippen LogP contribution >= 0.6 is 0 Å². The van der Waals surface area contributed by atoms with E-state index < -0.39 is 5.54 Å². The molecule has 3 aliphatic rings. The summed E-state index contributed by atoms with van der Waals surface area (Å²) in [5.74, 6) is 0.765. The predicted octanol–water partition coefficient (Wildman–Crippen LogP) is 2.22. The van der Waals surface area contributed by atoms with E-state index in [1.165, 1.54) is 19.3 Å². The number of carbonyl (C=O) groups is 2. The molecule has 0 radical (unpaired) electrons. The monoisotopic (exact) mass is 278 g/mol. The highest BCUT2D eigenvalue weighted by atomic mass is 16.2. The third kappa shape index (κ3) is 2.04. The van der Waals surface area contributed by atoms with Gasteiger partial charge in [0.15, 0.2) is 0 Å². The Morgan fingerprint density at radius 3 is 2.35 bits per heavy atom. The number of amides is 2. The van der Waals surface area contributed by atoms with Gasteiger partial charge in [0.2, 0.25) is 11.8 Å². The van der Waals surface area contributed by atoms with E-state index in [0.29, 0.717) is 5.92 Å². The predicted molar refractivity (Wildman–Crippen MR) is 77.1 cm³/mol. The number of nitrogens with zero attached hydrogens (tertiary/aromatic N) is 1. The van der Waals surface area contributed by atoms with Gasteiger partial charge in [-0.15, -0.1) is 0 Å². The van der Waals surface area contributed by atoms with Crippen LogP contribution in [-0.4, -0.2) is 34.3 Å². The van der Waals surface area contributed by atoms with E-state index in [4.69, 9.17) is 0 Å². The van der Waals surface area contributed by atoms with Crippen molar-refractivity contribution in [2.24, 2.45) is 5.92 Å². The first-order valence-corrected chi connectivity index (χ1v) is 8.20. The second kappa shape index (κ2) is 5.05. The fourth-order valence-corrected chi connectivity index (χ4v) is 4.41. The molecule has 0 aromatic carbocycles. The number of hydrogen-bond acceptors (Lipinski definition) is 2. The first kappa shape index (κ1) is 13.9. The smallest absolute Gasteiger partial charge is 0.249 e. The summed E-state index contributed by atoms with van der Waals surface area (Å²) in [6, 6.07) is -0.0389. The number of nitrogens with one attached hydrogen (secondary N) is 1. The third-order valence-electron chi connectivity index (χ3n) is 5.68. The molecule has 1 N–H and O–H groups in total. The molecule has 2 amide bonds. The van der Waals surface area contributed by atoms with Gasteiger partial charge in [-0.2, -0.15) is 0 Å². The molecule has 1 spiro atoms. The van der Waals surface area contributed by atoms with Crippen molar-refractivity contribution in [1.29, 1.82) is 0 Å². The van der Waals surface area contributed by atoms with Crippen LogP contribution in [0.5, 0.6) is 0 Å². The molecular weight excluding hydrogens is 252 g/mol. The lowest BCUT2D eigenvalue weighted by molar-refractivity contribution is -0.159. The summed E-state index contributed by atoms with van der Waals surface area (Å²) >= 11 is 0. The lowest BCUT2D eigenvalue weighted by Crippen LogP contribution is -2.72. The van der Waals surface area contributed by atoms with E-state index in [2.05, 4.69) is 12.2 Å². The maximum atomic E-state index is 13.1. The molecule has 2 saturated carbocycles. The minimum absolute atomic E-state index is 0.0469. The average molecular weight is 278 g/mol. The SMILES string of the molecule is CC1CCCC1N1C(=O)C2(CCCCC2)NC(=O)C1C. The Bertz CT molecular complexity index is 415. The average Bonchev–Trinajstić information content (AvgIpc) is 2.85. The molecule has 0 bridgehead atoms. The maximum absolute atomic E-state index is 13.1. The fourth-order valence-electron chi connectivity index (χ4n) is 4.41. The first-order valence-electron chi connectivity index (χ1n) is 8.20. The second-order valence-corrected chi connectivity index (χ2v) is 7.00. The Balaban J connectivity index is 1.90. The lowest BCUT2D eigenvalue weighted by atomic mass is 9.78. The van der Waals surface area contributed by atoms with Gasteiger partial charge in [-0.25, -0.2) is 0 Å². The third-order valence-corrected chi connectivity index (χ3v) is 5.68. The molecule has 4 heteroatoms. The van der Waals surface area contributed by atoms with Crippen LogP contribution in [0.25, 0.3) is 0 Å². The Morgan fingerprint density at radius 1 is 1.05 bits per heavy atom. The van der Waals surface area contributed by atoms with Crippen molar-refractivity contribution in [2.45, 2.75) is 82.8 Å². The summed E-state index contributed by atoms with van der Waals surface area (Å²) in [5, 5.41) is 3.07. The summed E-state index contributed by atoms with van der Waals surface area (Å²) in [7, 11) is 0. The quantitative estimate of drug-likeness (QED) is 0.799. The van der Waals surface area contributed by atoms with Gasteiger partial charge in [0.25, 0.3) is 0 Å². The molecular formula is C16H26N2O2. The van der Waals surface area contributed by atoms with Gasteiger partial charge in [-0.3, -0.25) is 9.59 Å². The van der Waals surface area contributed by atoms with Crippen LogP contribution in [0.3, 0.4) is 0 Å². The molecule has 3 rings (SSSR count). The molecule has 0 aromatic heterocycles. The minimum Gasteiger partial charge on any atom is -0.340 e. The number of hydrogen-bond donors (Lipinski definition) is 1. The highest BCUT2D eigenvalue weighted by molar-refractivity contribution is 6.00. The van der Waals surface area contributed by atoms with Crippen LogP contribution in [0.15, 0.2) is 0 Å². The van der Waals surface area contributed by atoms with Gasteiger partial charge in [0, 0.05) is 6.04 Å². The molecule has 20 heavy (non-hydrogen) atoms. The summed E-state index contributed by atoms with van der Waals surface area (Å²) in [6.07, 6.45) is 8.33. The van der Waals surface area contributed by atoms with Crippen LogP contribution in [0.4, 0.5) is 0 Å². The van der Waals surface area contributed by atoms with E-state index in [1.54, 1.807) is 0 Å². The number of rotatable bonds is 1. The zero-order valence-electron chi connectivity index (χ0n) is 12.7. The lowest BCUT2D eigenvalue weighted by Gasteiger charge is -2.49. The molecule has 112 valence electrons. The normalized spacial score (nSPS) is 37.3. The Morgan fingerprint density at radius 2 is 1.75 bits per heavy atom. The van der Waals surface area contributed by atoms with Crippen molar-refractivity contribution in [3.63, 3.8) is 0 Å². The summed E-state index contributed by atoms with van der Waals surface area (Å²) in [4.78, 5) is 27.4. The van der Waals surface area contributed by atoms with Gasteiger partial charge in [0.05, 0.1) is 0 Å². The molecule has 0 aromatic rings. The fraction of sp³-hybridized carbons (Fsp3) is 0.875. The van der Waals surface area contributed by atoms with E-state index >= 15 is 0 Å². The topological polar surface area (TPSA) is 49.4 Å². The molecule has 4 nitrogen and oxygen atoms in total. The summed E-state index contributed by atoms with van der Waals surface area (Å²) in [5.41, 5.74) is -0.579. The first-order chi connectivity index (χ1) is 9.55. The zero-order valence-corrected chi connectivity index (χ0v) is 12.7. The van der Waals surface area contributed by atoms with E-state index in [9.17, 15) is 9.59 Å². The molecule has 3 fully saturated rings. The van der Waals surface area contributed by atoms with Gasteiger partial charge in [0.1, 0.15) is 11.6 Å². The molecule has 3 unspecified atom stereocenters. The zero-order chi connectivity index (χ0) is 14.3. The van der Waals surface area contributed by atoms with Crippen molar-refractivity contribution in [1.82, 2.24) is 10.2 Å². The van der Waals surface area contributed by atoms with Gasteiger partial charge < -0.3 is 10.2 Å². The van der Waals surface area contributed by atoms with Crippen molar-refractivity contribution < 1.29 is 9.59 Å². The summed E-state index contributed by atoms with van der Waals surface area (Å²) in [6.45, 7) is 4.10. The van der Waals surface area contributed by atoms with Gasteiger partial charge in [-0.1, -0.05) is 32.6 Å². The van der Waals surface area contributed by atoms with E-state index in [1.807, 2.05) is 11.8 Å². The number of carbonyl (C=O) groups excluding carboxylic acids is 2. The van der Waals surface area contributed by atoms with Crippen molar-refractivity contribution >= 4 is 11.8 Å². The van der Waals surface area contributed by atoms with E-state index in [-0.39, 0.29) is 23.9 Å². The molecule has 1 heterocycles. The highest BCUT2D eigenvalue weighted by Gasteiger charge is 2.52. The minimum atomic E-state index is -0.579. The van der Waals surface area contributed by atoms with Crippen molar-refractivity contribution in [3.05, 3.63) is 0 Å². The highest BCUT2D eigenvalue weighted by Crippen LogP contribution is 2.38. The molecule has 3 atom stereocenters. The number of piperazine rings is 1. The van der Waals surface area contributed by atoms with Crippen LogP contribution in [0.2, 0.25) is 0 Å². The van der Waals surface area contributed by atoms with Crippen LogP contribution < -0.4 is 5.32 Å². The second-order valence-electron chi connectivity index (χ2n) is 7.00. The Kier molecular flexibility index (Phi) is 3.51. The standard InChI is InChI=1S/C16H26N2O2/c1-11-7-6-8-13(11)18-12(2)14(19)17-16(15(18)20)9-4-3-5-10-16/h11-13H,3-10H2,1-2H3,(H,17,19).